The van der Waals surface area contributed by atoms with E-state index in [1.165, 1.54) is 70.6 Å². The van der Waals surface area contributed by atoms with Gasteiger partial charge < -0.3 is 4.74 Å². The fourth-order valence-corrected chi connectivity index (χ4v) is 4.01. The van der Waals surface area contributed by atoms with Gasteiger partial charge in [-0.3, -0.25) is 0 Å². The molecule has 0 bridgehead atoms. The highest BCUT2D eigenvalue weighted by Gasteiger charge is 2.59. The Morgan fingerprint density at radius 1 is 0.667 bits per heavy atom. The van der Waals surface area contributed by atoms with Crippen molar-refractivity contribution in [3.05, 3.63) is 35.9 Å². The molecule has 1 saturated heterocycles. The van der Waals surface area contributed by atoms with Gasteiger partial charge in [0.2, 0.25) is 0 Å². The minimum absolute atomic E-state index is 0.377. The Morgan fingerprint density at radius 2 is 1.11 bits per heavy atom. The lowest BCUT2D eigenvalue weighted by Gasteiger charge is -2.36. The highest BCUT2D eigenvalue weighted by molar-refractivity contribution is 6.19. The molecule has 1 aliphatic heterocycles. The Bertz CT molecular complexity index is 550. The first-order chi connectivity index (χ1) is 13.2. The van der Waals surface area contributed by atoms with Crippen molar-refractivity contribution in [2.45, 2.75) is 102 Å². The quantitative estimate of drug-likeness (QED) is 0.201. The molecular formula is C24H36O3. The van der Waals surface area contributed by atoms with Crippen LogP contribution in [0.2, 0.25) is 0 Å². The highest BCUT2D eigenvalue weighted by atomic mass is 16.6. The second-order valence-corrected chi connectivity index (χ2v) is 7.94. The van der Waals surface area contributed by atoms with Gasteiger partial charge in [-0.2, -0.15) is 0 Å². The summed E-state index contributed by atoms with van der Waals surface area (Å²) in [5.74, 6) is -0.754. The van der Waals surface area contributed by atoms with Gasteiger partial charge in [-0.05, 0) is 12.0 Å². The van der Waals surface area contributed by atoms with Gasteiger partial charge >= 0.3 is 11.9 Å². The molecule has 1 fully saturated rings. The molecule has 1 heterocycles. The van der Waals surface area contributed by atoms with Crippen molar-refractivity contribution in [2.75, 3.05) is 0 Å². The van der Waals surface area contributed by atoms with Gasteiger partial charge in [-0.1, -0.05) is 121 Å². The monoisotopic (exact) mass is 372 g/mol. The van der Waals surface area contributed by atoms with E-state index >= 15 is 0 Å². The molecule has 0 spiro atoms. The van der Waals surface area contributed by atoms with Crippen LogP contribution in [-0.2, 0) is 19.7 Å². The van der Waals surface area contributed by atoms with Crippen molar-refractivity contribution in [1.29, 1.82) is 0 Å². The van der Waals surface area contributed by atoms with Gasteiger partial charge in [0.15, 0.2) is 5.41 Å². The SMILES string of the molecule is CCCCCCCCCCCCCCCC1(c2ccccc2)C(=O)OC1=O. The van der Waals surface area contributed by atoms with E-state index in [2.05, 4.69) is 6.92 Å². The molecule has 150 valence electrons. The summed E-state index contributed by atoms with van der Waals surface area (Å²) in [4.78, 5) is 24.1. The number of esters is 2. The maximum atomic E-state index is 12.1. The smallest absolute Gasteiger partial charge is 0.335 e. The predicted molar refractivity (Wildman–Crippen MR) is 110 cm³/mol. The number of cyclic esters (lactones) is 2. The Hall–Kier alpha value is -1.64. The third-order valence-electron chi connectivity index (χ3n) is 5.80. The van der Waals surface area contributed by atoms with Crippen LogP contribution >= 0.6 is 0 Å². The van der Waals surface area contributed by atoms with Gasteiger partial charge in [0.1, 0.15) is 0 Å². The van der Waals surface area contributed by atoms with Crippen molar-refractivity contribution in [2.24, 2.45) is 0 Å². The van der Waals surface area contributed by atoms with Gasteiger partial charge in [0, 0.05) is 0 Å². The summed E-state index contributed by atoms with van der Waals surface area (Å²) in [6.07, 6.45) is 17.3. The van der Waals surface area contributed by atoms with Gasteiger partial charge in [-0.15, -0.1) is 0 Å². The van der Waals surface area contributed by atoms with E-state index < -0.39 is 5.41 Å². The Labute approximate surface area is 164 Å². The molecule has 1 aliphatic rings. The fraction of sp³-hybridized carbons (Fsp3) is 0.667. The average molecular weight is 373 g/mol. The molecule has 0 radical (unpaired) electrons. The number of unbranched alkanes of at least 4 members (excludes halogenated alkanes) is 12. The molecule has 0 amide bonds. The summed E-state index contributed by atoms with van der Waals surface area (Å²) in [6.45, 7) is 2.26. The lowest BCUT2D eigenvalue weighted by Crippen LogP contribution is -2.56. The normalized spacial score (nSPS) is 15.4. The zero-order valence-electron chi connectivity index (χ0n) is 17.0. The molecule has 3 heteroatoms. The van der Waals surface area contributed by atoms with Crippen LogP contribution in [0.3, 0.4) is 0 Å². The molecule has 1 aromatic rings. The van der Waals surface area contributed by atoms with E-state index in [-0.39, 0.29) is 11.9 Å². The number of rotatable bonds is 15. The zero-order valence-corrected chi connectivity index (χ0v) is 17.0. The Kier molecular flexibility index (Phi) is 9.58. The molecule has 1 aromatic carbocycles. The first-order valence-corrected chi connectivity index (χ1v) is 11.0. The van der Waals surface area contributed by atoms with E-state index in [4.69, 9.17) is 4.74 Å². The van der Waals surface area contributed by atoms with Crippen molar-refractivity contribution in [1.82, 2.24) is 0 Å². The van der Waals surface area contributed by atoms with Crippen LogP contribution in [0.4, 0.5) is 0 Å². The number of carbonyl (C=O) groups is 2. The van der Waals surface area contributed by atoms with Gasteiger partial charge in [0.25, 0.3) is 0 Å². The van der Waals surface area contributed by atoms with E-state index in [0.717, 1.165) is 18.4 Å². The molecule has 0 saturated carbocycles. The summed E-state index contributed by atoms with van der Waals surface area (Å²) in [5.41, 5.74) is -0.246. The maximum absolute atomic E-state index is 12.1. The number of carbonyl (C=O) groups excluding carboxylic acids is 2. The Morgan fingerprint density at radius 3 is 1.56 bits per heavy atom. The number of hydrogen-bond acceptors (Lipinski definition) is 3. The van der Waals surface area contributed by atoms with Crippen molar-refractivity contribution >= 4 is 11.9 Å². The highest BCUT2D eigenvalue weighted by Crippen LogP contribution is 2.40. The summed E-state index contributed by atoms with van der Waals surface area (Å²) in [5, 5.41) is 0. The first kappa shape index (κ1) is 21.7. The van der Waals surface area contributed by atoms with Gasteiger partial charge in [0.05, 0.1) is 0 Å². The zero-order chi connectivity index (χ0) is 19.4. The predicted octanol–water partition coefficient (Wildman–Crippen LogP) is 6.49. The molecule has 0 aromatic heterocycles. The van der Waals surface area contributed by atoms with E-state index in [9.17, 15) is 9.59 Å². The second-order valence-electron chi connectivity index (χ2n) is 7.94. The van der Waals surface area contributed by atoms with E-state index in [1.807, 2.05) is 30.3 Å². The fourth-order valence-electron chi connectivity index (χ4n) is 4.01. The van der Waals surface area contributed by atoms with Crippen LogP contribution < -0.4 is 0 Å². The second kappa shape index (κ2) is 11.9. The van der Waals surface area contributed by atoms with Crippen LogP contribution in [0.25, 0.3) is 0 Å². The van der Waals surface area contributed by atoms with Crippen molar-refractivity contribution < 1.29 is 14.3 Å². The van der Waals surface area contributed by atoms with Crippen LogP contribution in [0.15, 0.2) is 30.3 Å². The maximum Gasteiger partial charge on any atom is 0.335 e. The third kappa shape index (κ3) is 6.19. The molecule has 0 atom stereocenters. The first-order valence-electron chi connectivity index (χ1n) is 11.0. The minimum Gasteiger partial charge on any atom is -0.391 e. The number of benzene rings is 1. The molecule has 2 rings (SSSR count). The van der Waals surface area contributed by atoms with Crippen LogP contribution in [0.1, 0.15) is 102 Å². The van der Waals surface area contributed by atoms with Crippen LogP contribution in [0.5, 0.6) is 0 Å². The van der Waals surface area contributed by atoms with Crippen LogP contribution in [-0.4, -0.2) is 11.9 Å². The lowest BCUT2D eigenvalue weighted by atomic mass is 9.73. The molecule has 0 N–H and O–H groups in total. The van der Waals surface area contributed by atoms with Gasteiger partial charge in [-0.25, -0.2) is 9.59 Å². The van der Waals surface area contributed by atoms with E-state index in [0.29, 0.717) is 6.42 Å². The summed E-state index contributed by atoms with van der Waals surface area (Å²) in [7, 11) is 0. The minimum atomic E-state index is -1.03. The van der Waals surface area contributed by atoms with Crippen molar-refractivity contribution in [3.63, 3.8) is 0 Å². The standard InChI is InChI=1S/C24H36O3/c1-2-3-4-5-6-7-8-9-10-11-12-13-17-20-24(22(25)27-23(24)26)21-18-15-14-16-19-21/h14-16,18-19H,2-13,17,20H2,1H3. The molecular weight excluding hydrogens is 336 g/mol. The summed E-state index contributed by atoms with van der Waals surface area (Å²) >= 11 is 0. The summed E-state index contributed by atoms with van der Waals surface area (Å²) in [6, 6.07) is 9.37. The largest absolute Gasteiger partial charge is 0.391 e. The third-order valence-corrected chi connectivity index (χ3v) is 5.80. The topological polar surface area (TPSA) is 43.4 Å². The molecule has 0 aliphatic carbocycles. The number of ether oxygens (including phenoxy) is 1. The average Bonchev–Trinajstić information content (AvgIpc) is 2.69. The van der Waals surface area contributed by atoms with Crippen molar-refractivity contribution in [3.8, 4) is 0 Å². The Balaban J connectivity index is 1.54. The lowest BCUT2D eigenvalue weighted by molar-refractivity contribution is -0.188. The molecule has 3 nitrogen and oxygen atoms in total. The molecule has 27 heavy (non-hydrogen) atoms. The molecule has 0 unspecified atom stereocenters. The van der Waals surface area contributed by atoms with Crippen LogP contribution in [0, 0.1) is 0 Å². The number of hydrogen-bond donors (Lipinski definition) is 0. The summed E-state index contributed by atoms with van der Waals surface area (Å²) < 4.78 is 4.70. The van der Waals surface area contributed by atoms with E-state index in [1.54, 1.807) is 0 Å².